The first-order valence-corrected chi connectivity index (χ1v) is 9.40. The molecule has 0 saturated carbocycles. The molecule has 0 aromatic heterocycles. The van der Waals surface area contributed by atoms with Crippen LogP contribution >= 0.6 is 43.5 Å². The van der Waals surface area contributed by atoms with Gasteiger partial charge < -0.3 is 0 Å². The van der Waals surface area contributed by atoms with Gasteiger partial charge in [0.2, 0.25) is 0 Å². The third-order valence-electron chi connectivity index (χ3n) is 2.92. The maximum Gasteiger partial charge on any atom is 0.263 e. The van der Waals surface area contributed by atoms with Crippen LogP contribution in [0.3, 0.4) is 0 Å². The Morgan fingerprint density at radius 2 is 1.57 bits per heavy atom. The van der Waals surface area contributed by atoms with Gasteiger partial charge in [0.25, 0.3) is 10.0 Å². The van der Waals surface area contributed by atoms with Crippen LogP contribution in [0.25, 0.3) is 0 Å². The molecule has 0 aliphatic carbocycles. The summed E-state index contributed by atoms with van der Waals surface area (Å²) in [7, 11) is -3.74. The smallest absolute Gasteiger partial charge is 0.263 e. The lowest BCUT2D eigenvalue weighted by Crippen LogP contribution is -2.15. The number of rotatable bonds is 3. The van der Waals surface area contributed by atoms with E-state index in [4.69, 9.17) is 11.6 Å². The minimum absolute atomic E-state index is 0.0501. The van der Waals surface area contributed by atoms with Gasteiger partial charge in [-0.3, -0.25) is 4.72 Å². The Balaban J connectivity index is 2.47. The molecule has 2 rings (SSSR count). The van der Waals surface area contributed by atoms with Crippen LogP contribution in [-0.2, 0) is 10.0 Å². The summed E-state index contributed by atoms with van der Waals surface area (Å²) in [6, 6.07) is 8.37. The number of sulfonamides is 1. The number of hydrogen-bond acceptors (Lipinski definition) is 2. The molecular formula is C14H12Br2ClNO2S. The molecule has 0 saturated heterocycles. The van der Waals surface area contributed by atoms with Crippen LogP contribution in [0.4, 0.5) is 5.69 Å². The summed E-state index contributed by atoms with van der Waals surface area (Å²) < 4.78 is 29.2. The molecule has 7 heteroatoms. The lowest BCUT2D eigenvalue weighted by molar-refractivity contribution is 0.601. The monoisotopic (exact) mass is 451 g/mol. The number of nitrogens with one attached hydrogen (secondary N) is 1. The van der Waals surface area contributed by atoms with E-state index >= 15 is 0 Å². The zero-order valence-corrected chi connectivity index (χ0v) is 16.0. The standard InChI is InChI=1S/C14H12Br2ClNO2S/c1-8-5-11(16)6-9(2)14(8)18-21(19,20)13-4-3-10(15)7-12(13)17/h3-7,18H,1-2H3. The van der Waals surface area contributed by atoms with E-state index in [9.17, 15) is 8.42 Å². The van der Waals surface area contributed by atoms with Gasteiger partial charge >= 0.3 is 0 Å². The Bertz CT molecular complexity index is 784. The van der Waals surface area contributed by atoms with E-state index in [0.717, 1.165) is 20.1 Å². The van der Waals surface area contributed by atoms with Gasteiger partial charge in [-0.25, -0.2) is 8.42 Å². The molecule has 0 spiro atoms. The second-order valence-electron chi connectivity index (χ2n) is 4.59. The Hall–Kier alpha value is -0.560. The molecule has 0 unspecified atom stereocenters. The van der Waals surface area contributed by atoms with Crippen LogP contribution in [-0.4, -0.2) is 8.42 Å². The molecular weight excluding hydrogens is 441 g/mol. The molecule has 0 amide bonds. The molecule has 0 aliphatic rings. The van der Waals surface area contributed by atoms with E-state index in [2.05, 4.69) is 36.6 Å². The molecule has 1 N–H and O–H groups in total. The Kier molecular flexibility index (Phi) is 5.03. The largest absolute Gasteiger partial charge is 0.279 e. The minimum atomic E-state index is -3.74. The summed E-state index contributed by atoms with van der Waals surface area (Å²) in [5.74, 6) is 0. The first kappa shape index (κ1) is 16.8. The van der Waals surface area contributed by atoms with E-state index in [1.54, 1.807) is 12.1 Å². The number of hydrogen-bond donors (Lipinski definition) is 1. The van der Waals surface area contributed by atoms with Crippen molar-refractivity contribution in [3.63, 3.8) is 0 Å². The quantitative estimate of drug-likeness (QED) is 0.687. The van der Waals surface area contributed by atoms with Crippen molar-refractivity contribution in [1.29, 1.82) is 0 Å². The summed E-state index contributed by atoms with van der Waals surface area (Å²) >= 11 is 12.7. The number of aryl methyl sites for hydroxylation is 2. The molecule has 3 nitrogen and oxygen atoms in total. The van der Waals surface area contributed by atoms with E-state index < -0.39 is 10.0 Å². The highest BCUT2D eigenvalue weighted by Gasteiger charge is 2.20. The van der Waals surface area contributed by atoms with Gasteiger partial charge in [0.1, 0.15) is 4.90 Å². The van der Waals surface area contributed by atoms with Crippen molar-refractivity contribution >= 4 is 59.2 Å². The minimum Gasteiger partial charge on any atom is -0.279 e. The molecule has 0 bridgehead atoms. The Labute approximate surface area is 146 Å². The summed E-state index contributed by atoms with van der Waals surface area (Å²) in [5, 5.41) is 0.171. The lowest BCUT2D eigenvalue weighted by atomic mass is 10.1. The predicted octanol–water partition coefficient (Wildman–Crippen LogP) is 5.28. The third-order valence-corrected chi connectivity index (χ3v) is 5.70. The topological polar surface area (TPSA) is 46.2 Å². The van der Waals surface area contributed by atoms with Gasteiger partial charge in [-0.1, -0.05) is 43.5 Å². The van der Waals surface area contributed by atoms with Gasteiger partial charge in [0, 0.05) is 8.95 Å². The Morgan fingerprint density at radius 1 is 1.00 bits per heavy atom. The molecule has 0 fully saturated rings. The molecule has 112 valence electrons. The second-order valence-corrected chi connectivity index (χ2v) is 8.48. The first-order chi connectivity index (χ1) is 9.70. The normalized spacial score (nSPS) is 11.5. The number of halogens is 3. The van der Waals surface area contributed by atoms with Crippen molar-refractivity contribution in [2.45, 2.75) is 18.7 Å². The van der Waals surface area contributed by atoms with E-state index in [1.165, 1.54) is 6.07 Å². The second kappa shape index (κ2) is 6.28. The molecule has 0 heterocycles. The van der Waals surface area contributed by atoms with Gasteiger partial charge in [-0.2, -0.15) is 0 Å². The summed E-state index contributed by atoms with van der Waals surface area (Å²) in [4.78, 5) is 0.0501. The van der Waals surface area contributed by atoms with Crippen molar-refractivity contribution in [2.24, 2.45) is 0 Å². The van der Waals surface area contributed by atoms with Crippen LogP contribution in [0.2, 0.25) is 5.02 Å². The summed E-state index contributed by atoms with van der Waals surface area (Å²) in [5.41, 5.74) is 2.23. The maximum atomic E-state index is 12.5. The van der Waals surface area contributed by atoms with Crippen LogP contribution < -0.4 is 4.72 Å². The van der Waals surface area contributed by atoms with Crippen molar-refractivity contribution in [2.75, 3.05) is 4.72 Å². The van der Waals surface area contributed by atoms with Crippen LogP contribution in [0.5, 0.6) is 0 Å². The predicted molar refractivity (Wildman–Crippen MR) is 93.6 cm³/mol. The fraction of sp³-hybridized carbons (Fsp3) is 0.143. The zero-order chi connectivity index (χ0) is 15.8. The molecule has 2 aromatic carbocycles. The fourth-order valence-electron chi connectivity index (χ4n) is 1.95. The lowest BCUT2D eigenvalue weighted by Gasteiger charge is -2.14. The van der Waals surface area contributed by atoms with Crippen LogP contribution in [0.15, 0.2) is 44.2 Å². The van der Waals surface area contributed by atoms with Crippen LogP contribution in [0.1, 0.15) is 11.1 Å². The van der Waals surface area contributed by atoms with Gasteiger partial charge in [-0.05, 0) is 55.3 Å². The highest BCUT2D eigenvalue weighted by molar-refractivity contribution is 9.10. The van der Waals surface area contributed by atoms with Crippen molar-refractivity contribution < 1.29 is 8.42 Å². The van der Waals surface area contributed by atoms with Crippen molar-refractivity contribution in [3.05, 3.63) is 55.4 Å². The fourth-order valence-corrected chi connectivity index (χ4v) is 4.88. The van der Waals surface area contributed by atoms with E-state index in [1.807, 2.05) is 26.0 Å². The zero-order valence-electron chi connectivity index (χ0n) is 11.2. The van der Waals surface area contributed by atoms with Gasteiger partial charge in [0.15, 0.2) is 0 Å². The number of anilines is 1. The summed E-state index contributed by atoms with van der Waals surface area (Å²) in [6.45, 7) is 3.69. The van der Waals surface area contributed by atoms with Crippen LogP contribution in [0, 0.1) is 13.8 Å². The molecule has 0 radical (unpaired) electrons. The maximum absolute atomic E-state index is 12.5. The Morgan fingerprint density at radius 3 is 2.10 bits per heavy atom. The van der Waals surface area contributed by atoms with Gasteiger partial charge in [-0.15, -0.1) is 0 Å². The van der Waals surface area contributed by atoms with Gasteiger partial charge in [0.05, 0.1) is 10.7 Å². The molecule has 0 atom stereocenters. The highest BCUT2D eigenvalue weighted by atomic mass is 79.9. The summed E-state index contributed by atoms with van der Waals surface area (Å²) in [6.07, 6.45) is 0. The average Bonchev–Trinajstić information content (AvgIpc) is 2.33. The molecule has 2 aromatic rings. The third kappa shape index (κ3) is 3.80. The first-order valence-electron chi connectivity index (χ1n) is 5.95. The van der Waals surface area contributed by atoms with E-state index in [0.29, 0.717) is 5.69 Å². The van der Waals surface area contributed by atoms with E-state index in [-0.39, 0.29) is 9.92 Å². The molecule has 0 aliphatic heterocycles. The van der Waals surface area contributed by atoms with Crippen molar-refractivity contribution in [1.82, 2.24) is 0 Å². The van der Waals surface area contributed by atoms with Crippen molar-refractivity contribution in [3.8, 4) is 0 Å². The SMILES string of the molecule is Cc1cc(Br)cc(C)c1NS(=O)(=O)c1ccc(Br)cc1Cl. The average molecular weight is 454 g/mol. The molecule has 21 heavy (non-hydrogen) atoms. The number of benzene rings is 2. The highest BCUT2D eigenvalue weighted by Crippen LogP contribution is 2.30.